The van der Waals surface area contributed by atoms with Gasteiger partial charge in [-0.2, -0.15) is 0 Å². The Bertz CT molecular complexity index is 816. The van der Waals surface area contributed by atoms with E-state index >= 15 is 0 Å². The fraction of sp³-hybridized carbons (Fsp3) is 0.474. The third-order valence-corrected chi connectivity index (χ3v) is 4.96. The van der Waals surface area contributed by atoms with Gasteiger partial charge in [0.2, 0.25) is 5.91 Å². The minimum absolute atomic E-state index is 0.0781. The van der Waals surface area contributed by atoms with Gasteiger partial charge >= 0.3 is 0 Å². The Morgan fingerprint density at radius 2 is 2.12 bits per heavy atom. The van der Waals surface area contributed by atoms with E-state index in [4.69, 9.17) is 9.47 Å². The third-order valence-electron chi connectivity index (χ3n) is 4.96. The zero-order chi connectivity index (χ0) is 18.7. The number of ether oxygens (including phenoxy) is 2. The molecule has 7 nitrogen and oxygen atoms in total. The average molecular weight is 359 g/mol. The number of rotatable bonds is 4. The van der Waals surface area contributed by atoms with Crippen molar-refractivity contribution in [2.45, 2.75) is 12.0 Å². The summed E-state index contributed by atoms with van der Waals surface area (Å²) in [6.07, 6.45) is 1.99. The van der Waals surface area contributed by atoms with Crippen LogP contribution in [0.25, 0.3) is 10.9 Å². The second-order valence-electron chi connectivity index (χ2n) is 6.69. The van der Waals surface area contributed by atoms with Crippen molar-refractivity contribution in [3.8, 4) is 0 Å². The summed E-state index contributed by atoms with van der Waals surface area (Å²) in [7, 11) is 5.07. The van der Waals surface area contributed by atoms with Gasteiger partial charge in [-0.1, -0.05) is 18.2 Å². The molecule has 1 atom stereocenters. The van der Waals surface area contributed by atoms with Crippen LogP contribution in [-0.4, -0.2) is 67.3 Å². The molecule has 2 aromatic rings. The normalized spacial score (nSPS) is 20.8. The maximum Gasteiger partial charge on any atom is 0.256 e. The van der Waals surface area contributed by atoms with Gasteiger partial charge in [0.15, 0.2) is 0 Å². The predicted molar refractivity (Wildman–Crippen MR) is 98.1 cm³/mol. The van der Waals surface area contributed by atoms with E-state index in [-0.39, 0.29) is 24.8 Å². The summed E-state index contributed by atoms with van der Waals surface area (Å²) < 4.78 is 13.3. The lowest BCUT2D eigenvalue weighted by Gasteiger charge is -2.33. The monoisotopic (exact) mass is 359 g/mol. The number of hydrogen-bond acceptors (Lipinski definition) is 4. The van der Waals surface area contributed by atoms with Gasteiger partial charge in [0.25, 0.3) is 5.91 Å². The number of methoxy groups -OCH3 is 1. The van der Waals surface area contributed by atoms with Crippen molar-refractivity contribution in [1.82, 2.24) is 14.8 Å². The Balaban J connectivity index is 1.91. The Kier molecular flexibility index (Phi) is 5.29. The molecule has 1 aromatic carbocycles. The van der Waals surface area contributed by atoms with Crippen LogP contribution < -0.4 is 5.32 Å². The highest BCUT2D eigenvalue weighted by Crippen LogP contribution is 2.25. The van der Waals surface area contributed by atoms with E-state index in [1.165, 1.54) is 0 Å². The molecule has 0 unspecified atom stereocenters. The summed E-state index contributed by atoms with van der Waals surface area (Å²) in [6.45, 7) is 1.45. The molecular formula is C19H25N3O4. The van der Waals surface area contributed by atoms with Crippen LogP contribution >= 0.6 is 0 Å². The van der Waals surface area contributed by atoms with Crippen molar-refractivity contribution < 1.29 is 19.1 Å². The van der Waals surface area contributed by atoms with Gasteiger partial charge in [-0.25, -0.2) is 0 Å². The Labute approximate surface area is 152 Å². The van der Waals surface area contributed by atoms with E-state index in [0.29, 0.717) is 25.3 Å². The van der Waals surface area contributed by atoms with Crippen molar-refractivity contribution in [2.75, 3.05) is 40.5 Å². The second kappa shape index (κ2) is 7.47. The average Bonchev–Trinajstić information content (AvgIpc) is 2.86. The van der Waals surface area contributed by atoms with Crippen LogP contribution in [0.5, 0.6) is 0 Å². The van der Waals surface area contributed by atoms with E-state index in [2.05, 4.69) is 5.32 Å². The van der Waals surface area contributed by atoms with Crippen LogP contribution in [0, 0.1) is 0 Å². The first-order valence-electron chi connectivity index (χ1n) is 8.66. The highest BCUT2D eigenvalue weighted by Gasteiger charge is 2.39. The predicted octanol–water partition coefficient (Wildman–Crippen LogP) is 1.17. The maximum absolute atomic E-state index is 13.2. The maximum atomic E-state index is 13.2. The SMILES string of the molecule is CNC(=O)C[C@]1(OC)COCCN(C(=O)c2cn(C)c3ccccc23)C1. The molecule has 26 heavy (non-hydrogen) atoms. The fourth-order valence-corrected chi connectivity index (χ4v) is 3.44. The molecule has 1 fully saturated rings. The van der Waals surface area contributed by atoms with Crippen LogP contribution in [0.2, 0.25) is 0 Å². The summed E-state index contributed by atoms with van der Waals surface area (Å²) >= 11 is 0. The van der Waals surface area contributed by atoms with Crippen LogP contribution in [0.1, 0.15) is 16.8 Å². The number of para-hydroxylation sites is 1. The summed E-state index contributed by atoms with van der Waals surface area (Å²) in [5, 5.41) is 3.53. The molecule has 0 radical (unpaired) electrons. The molecule has 0 saturated carbocycles. The molecule has 1 N–H and O–H groups in total. The zero-order valence-electron chi connectivity index (χ0n) is 15.4. The minimum atomic E-state index is -0.850. The van der Waals surface area contributed by atoms with Gasteiger partial charge in [0.05, 0.1) is 31.7 Å². The highest BCUT2D eigenvalue weighted by molar-refractivity contribution is 6.07. The molecule has 140 valence electrons. The number of nitrogens with zero attached hydrogens (tertiary/aromatic N) is 2. The van der Waals surface area contributed by atoms with Crippen molar-refractivity contribution in [1.29, 1.82) is 0 Å². The number of aryl methyl sites for hydroxylation is 1. The number of nitrogens with one attached hydrogen (secondary N) is 1. The molecule has 1 aliphatic rings. The van der Waals surface area contributed by atoms with Crippen molar-refractivity contribution in [2.24, 2.45) is 7.05 Å². The summed E-state index contributed by atoms with van der Waals surface area (Å²) in [5.41, 5.74) is 0.803. The number of fused-ring (bicyclic) bond motifs is 1. The topological polar surface area (TPSA) is 72.8 Å². The lowest BCUT2D eigenvalue weighted by Crippen LogP contribution is -2.50. The number of carbonyl (C=O) groups excluding carboxylic acids is 2. The van der Waals surface area contributed by atoms with E-state index in [0.717, 1.165) is 10.9 Å². The lowest BCUT2D eigenvalue weighted by atomic mass is 9.98. The first kappa shape index (κ1) is 18.4. The smallest absolute Gasteiger partial charge is 0.256 e. The highest BCUT2D eigenvalue weighted by atomic mass is 16.5. The first-order valence-corrected chi connectivity index (χ1v) is 8.66. The summed E-state index contributed by atoms with van der Waals surface area (Å²) in [6, 6.07) is 7.82. The van der Waals surface area contributed by atoms with Crippen LogP contribution in [-0.2, 0) is 21.3 Å². The Hall–Kier alpha value is -2.38. The molecule has 3 rings (SSSR count). The van der Waals surface area contributed by atoms with Gasteiger partial charge < -0.3 is 24.3 Å². The fourth-order valence-electron chi connectivity index (χ4n) is 3.44. The Morgan fingerprint density at radius 3 is 2.85 bits per heavy atom. The van der Waals surface area contributed by atoms with Crippen LogP contribution in [0.3, 0.4) is 0 Å². The molecule has 0 spiro atoms. The molecular weight excluding hydrogens is 334 g/mol. The Morgan fingerprint density at radius 1 is 1.35 bits per heavy atom. The number of carbonyl (C=O) groups is 2. The van der Waals surface area contributed by atoms with Crippen LogP contribution in [0.4, 0.5) is 0 Å². The van der Waals surface area contributed by atoms with Gasteiger partial charge in [0, 0.05) is 44.8 Å². The van der Waals surface area contributed by atoms with E-state index in [1.54, 1.807) is 19.1 Å². The molecule has 0 aliphatic carbocycles. The van der Waals surface area contributed by atoms with E-state index < -0.39 is 5.60 Å². The van der Waals surface area contributed by atoms with Gasteiger partial charge in [-0.15, -0.1) is 0 Å². The molecule has 0 bridgehead atoms. The molecule has 2 amide bonds. The van der Waals surface area contributed by atoms with Crippen molar-refractivity contribution >= 4 is 22.7 Å². The second-order valence-corrected chi connectivity index (χ2v) is 6.69. The molecule has 7 heteroatoms. The molecule has 1 saturated heterocycles. The minimum Gasteiger partial charge on any atom is -0.377 e. The number of aromatic nitrogens is 1. The molecule has 1 aromatic heterocycles. The summed E-state index contributed by atoms with van der Waals surface area (Å²) in [4.78, 5) is 26.9. The molecule has 2 heterocycles. The molecule has 1 aliphatic heterocycles. The standard InChI is InChI=1S/C19H25N3O4/c1-20-17(23)10-19(25-3)12-22(8-9-26-13-19)18(24)15-11-21(2)16-7-5-4-6-14(15)16/h4-7,11H,8-10,12-13H2,1-3H3,(H,20,23)/t19-/m1/s1. The zero-order valence-corrected chi connectivity index (χ0v) is 15.4. The number of benzene rings is 1. The van der Waals surface area contributed by atoms with Gasteiger partial charge in [0.1, 0.15) is 5.60 Å². The third kappa shape index (κ3) is 3.45. The quantitative estimate of drug-likeness (QED) is 0.890. The van der Waals surface area contributed by atoms with Gasteiger partial charge in [-0.3, -0.25) is 9.59 Å². The van der Waals surface area contributed by atoms with Crippen molar-refractivity contribution in [3.05, 3.63) is 36.0 Å². The first-order chi connectivity index (χ1) is 12.5. The lowest BCUT2D eigenvalue weighted by molar-refractivity contribution is -0.131. The van der Waals surface area contributed by atoms with E-state index in [9.17, 15) is 9.59 Å². The summed E-state index contributed by atoms with van der Waals surface area (Å²) in [5.74, 6) is -0.222. The van der Waals surface area contributed by atoms with Gasteiger partial charge in [-0.05, 0) is 6.07 Å². The number of amides is 2. The van der Waals surface area contributed by atoms with Crippen LogP contribution in [0.15, 0.2) is 30.5 Å². The van der Waals surface area contributed by atoms with Crippen molar-refractivity contribution in [3.63, 3.8) is 0 Å². The largest absolute Gasteiger partial charge is 0.377 e. The van der Waals surface area contributed by atoms with E-state index in [1.807, 2.05) is 42.1 Å². The number of hydrogen-bond donors (Lipinski definition) is 1.